The number of hydrogen-bond acceptors (Lipinski definition) is 3. The van der Waals surface area contributed by atoms with Gasteiger partial charge < -0.3 is 9.64 Å². The summed E-state index contributed by atoms with van der Waals surface area (Å²) < 4.78 is 5.30. The highest BCUT2D eigenvalue weighted by Crippen LogP contribution is 2.16. The second kappa shape index (κ2) is 5.34. The second-order valence-corrected chi connectivity index (χ2v) is 3.53. The molecule has 1 aliphatic heterocycles. The highest BCUT2D eigenvalue weighted by molar-refractivity contribution is 5.74. The summed E-state index contributed by atoms with van der Waals surface area (Å²) in [5.41, 5.74) is 2.05. The van der Waals surface area contributed by atoms with E-state index in [1.54, 1.807) is 0 Å². The van der Waals surface area contributed by atoms with Crippen LogP contribution in [-0.4, -0.2) is 32.6 Å². The van der Waals surface area contributed by atoms with Gasteiger partial charge in [-0.1, -0.05) is 5.92 Å². The highest BCUT2D eigenvalue weighted by Gasteiger charge is 2.10. The van der Waals surface area contributed by atoms with Crippen LogP contribution < -0.4 is 4.90 Å². The molecule has 0 bridgehead atoms. The first kappa shape index (κ1) is 10.7. The van der Waals surface area contributed by atoms with Crippen molar-refractivity contribution in [1.29, 1.82) is 0 Å². The van der Waals surface area contributed by atoms with Gasteiger partial charge in [0.15, 0.2) is 6.29 Å². The minimum absolute atomic E-state index is 0.607. The normalized spacial score (nSPS) is 15.1. The zero-order chi connectivity index (χ0) is 11.2. The Morgan fingerprint density at radius 2 is 1.88 bits per heavy atom. The van der Waals surface area contributed by atoms with Crippen LogP contribution in [0.5, 0.6) is 0 Å². The third kappa shape index (κ3) is 2.62. The number of aldehydes is 1. The van der Waals surface area contributed by atoms with E-state index >= 15 is 0 Å². The predicted octanol–water partition coefficient (Wildman–Crippen LogP) is 1.07. The molecule has 1 saturated heterocycles. The number of nitrogens with zero attached hydrogens (tertiary/aromatic N) is 1. The Hall–Kier alpha value is -1.79. The first-order valence-electron chi connectivity index (χ1n) is 5.28. The number of anilines is 1. The van der Waals surface area contributed by atoms with Crippen LogP contribution in [0.4, 0.5) is 5.69 Å². The molecular formula is C13H13NO2. The van der Waals surface area contributed by atoms with Crippen LogP contribution in [-0.2, 0) is 9.53 Å². The first-order chi connectivity index (χ1) is 7.90. The Morgan fingerprint density at radius 1 is 1.19 bits per heavy atom. The zero-order valence-corrected chi connectivity index (χ0v) is 8.98. The second-order valence-electron chi connectivity index (χ2n) is 3.53. The Kier molecular flexibility index (Phi) is 3.58. The molecule has 1 heterocycles. The Labute approximate surface area is 95.0 Å². The first-order valence-corrected chi connectivity index (χ1v) is 5.28. The number of ether oxygens (including phenoxy) is 1. The zero-order valence-electron chi connectivity index (χ0n) is 8.98. The van der Waals surface area contributed by atoms with Gasteiger partial charge in [-0.2, -0.15) is 0 Å². The van der Waals surface area contributed by atoms with Gasteiger partial charge in [0.1, 0.15) is 0 Å². The molecule has 1 aliphatic rings. The van der Waals surface area contributed by atoms with E-state index in [0.717, 1.165) is 31.9 Å². The number of carbonyl (C=O) groups is 1. The number of rotatable bonds is 1. The van der Waals surface area contributed by atoms with Gasteiger partial charge in [0.25, 0.3) is 0 Å². The molecule has 0 radical (unpaired) electrons. The van der Waals surface area contributed by atoms with Crippen molar-refractivity contribution >= 4 is 12.0 Å². The van der Waals surface area contributed by atoms with Crippen LogP contribution in [0.1, 0.15) is 5.56 Å². The third-order valence-corrected chi connectivity index (χ3v) is 2.52. The van der Waals surface area contributed by atoms with Crippen LogP contribution in [0.15, 0.2) is 24.3 Å². The van der Waals surface area contributed by atoms with Crippen LogP contribution in [0.25, 0.3) is 0 Å². The summed E-state index contributed by atoms with van der Waals surface area (Å²) in [5, 5.41) is 0. The molecule has 16 heavy (non-hydrogen) atoms. The molecule has 2 rings (SSSR count). The van der Waals surface area contributed by atoms with Crippen molar-refractivity contribution in [2.24, 2.45) is 0 Å². The molecule has 1 fully saturated rings. The lowest BCUT2D eigenvalue weighted by atomic mass is 10.2. The van der Waals surface area contributed by atoms with E-state index in [1.807, 2.05) is 24.3 Å². The molecule has 0 spiro atoms. The van der Waals surface area contributed by atoms with Gasteiger partial charge >= 0.3 is 0 Å². The number of benzene rings is 1. The summed E-state index contributed by atoms with van der Waals surface area (Å²) in [6, 6.07) is 7.92. The maximum atomic E-state index is 10.1. The molecule has 0 atom stereocenters. The van der Waals surface area contributed by atoms with Crippen molar-refractivity contribution in [3.63, 3.8) is 0 Å². The molecule has 3 heteroatoms. The van der Waals surface area contributed by atoms with Crippen molar-refractivity contribution in [2.75, 3.05) is 31.2 Å². The van der Waals surface area contributed by atoms with Crippen LogP contribution in [0.3, 0.4) is 0 Å². The monoisotopic (exact) mass is 215 g/mol. The fraction of sp³-hybridized carbons (Fsp3) is 0.308. The fourth-order valence-corrected chi connectivity index (χ4v) is 1.69. The third-order valence-electron chi connectivity index (χ3n) is 2.52. The maximum absolute atomic E-state index is 10.1. The molecule has 1 aromatic rings. The molecular weight excluding hydrogens is 202 g/mol. The lowest BCUT2D eigenvalue weighted by Crippen LogP contribution is -2.36. The van der Waals surface area contributed by atoms with E-state index in [2.05, 4.69) is 16.7 Å². The van der Waals surface area contributed by atoms with E-state index in [-0.39, 0.29) is 0 Å². The Bertz CT molecular complexity index is 408. The van der Waals surface area contributed by atoms with E-state index in [1.165, 1.54) is 5.69 Å². The highest BCUT2D eigenvalue weighted by atomic mass is 16.5. The average molecular weight is 215 g/mol. The van der Waals surface area contributed by atoms with Gasteiger partial charge in [-0.25, -0.2) is 0 Å². The summed E-state index contributed by atoms with van der Waals surface area (Å²) in [6.45, 7) is 3.43. The van der Waals surface area contributed by atoms with Crippen molar-refractivity contribution in [3.05, 3.63) is 29.8 Å². The molecule has 82 valence electrons. The summed E-state index contributed by atoms with van der Waals surface area (Å²) in [7, 11) is 0. The summed E-state index contributed by atoms with van der Waals surface area (Å²) in [4.78, 5) is 12.4. The fourth-order valence-electron chi connectivity index (χ4n) is 1.69. The van der Waals surface area contributed by atoms with E-state index < -0.39 is 0 Å². The minimum Gasteiger partial charge on any atom is -0.378 e. The van der Waals surface area contributed by atoms with Gasteiger partial charge in [-0.3, -0.25) is 4.79 Å². The molecule has 0 aromatic heterocycles. The molecule has 0 saturated carbocycles. The van der Waals surface area contributed by atoms with Gasteiger partial charge in [-0.15, -0.1) is 0 Å². The Morgan fingerprint density at radius 3 is 2.50 bits per heavy atom. The molecule has 0 unspecified atom stereocenters. The predicted molar refractivity (Wildman–Crippen MR) is 62.4 cm³/mol. The van der Waals surface area contributed by atoms with Crippen LogP contribution in [0, 0.1) is 11.8 Å². The lowest BCUT2D eigenvalue weighted by molar-refractivity contribution is -0.103. The summed E-state index contributed by atoms with van der Waals surface area (Å²) in [5.74, 6) is 5.16. The van der Waals surface area contributed by atoms with Crippen LogP contribution >= 0.6 is 0 Å². The van der Waals surface area contributed by atoms with Gasteiger partial charge in [-0.05, 0) is 30.2 Å². The average Bonchev–Trinajstić information content (AvgIpc) is 2.38. The standard InChI is InChI=1S/C13H13NO2/c15-9-1-2-12-3-5-13(6-4-12)14-7-10-16-11-8-14/h3-6,9H,7-8,10-11H2. The van der Waals surface area contributed by atoms with Gasteiger partial charge in [0, 0.05) is 24.3 Å². The van der Waals surface area contributed by atoms with E-state index in [9.17, 15) is 4.79 Å². The van der Waals surface area contributed by atoms with Crippen molar-refractivity contribution in [2.45, 2.75) is 0 Å². The molecule has 3 nitrogen and oxygen atoms in total. The van der Waals surface area contributed by atoms with Crippen molar-refractivity contribution in [1.82, 2.24) is 0 Å². The summed E-state index contributed by atoms with van der Waals surface area (Å²) >= 11 is 0. The molecule has 0 amide bonds. The quantitative estimate of drug-likeness (QED) is 0.518. The van der Waals surface area contributed by atoms with Crippen molar-refractivity contribution in [3.8, 4) is 11.8 Å². The van der Waals surface area contributed by atoms with E-state index in [4.69, 9.17) is 4.74 Å². The topological polar surface area (TPSA) is 29.5 Å². The van der Waals surface area contributed by atoms with Crippen LogP contribution in [0.2, 0.25) is 0 Å². The van der Waals surface area contributed by atoms with Gasteiger partial charge in [0.05, 0.1) is 13.2 Å². The summed E-state index contributed by atoms with van der Waals surface area (Å²) in [6.07, 6.45) is 0.607. The number of morpholine rings is 1. The minimum atomic E-state index is 0.607. The van der Waals surface area contributed by atoms with Gasteiger partial charge in [0.2, 0.25) is 0 Å². The number of hydrogen-bond donors (Lipinski definition) is 0. The number of carbonyl (C=O) groups excluding carboxylic acids is 1. The van der Waals surface area contributed by atoms with E-state index in [0.29, 0.717) is 6.29 Å². The Balaban J connectivity index is 2.08. The lowest BCUT2D eigenvalue weighted by Gasteiger charge is -2.28. The molecule has 0 aliphatic carbocycles. The molecule has 1 aromatic carbocycles. The molecule has 0 N–H and O–H groups in total. The SMILES string of the molecule is O=CC#Cc1ccc(N2CCOCC2)cc1. The maximum Gasteiger partial charge on any atom is 0.193 e. The largest absolute Gasteiger partial charge is 0.378 e. The smallest absolute Gasteiger partial charge is 0.193 e. The van der Waals surface area contributed by atoms with Crippen molar-refractivity contribution < 1.29 is 9.53 Å².